The molecule has 1 heterocycles. The minimum Gasteiger partial charge on any atom is -0.450 e. The molecule has 1 aromatic rings. The van der Waals surface area contributed by atoms with Crippen molar-refractivity contribution in [1.29, 1.82) is 0 Å². The minimum absolute atomic E-state index is 0.225. The van der Waals surface area contributed by atoms with Crippen molar-refractivity contribution in [2.75, 3.05) is 26.2 Å². The third-order valence-electron chi connectivity index (χ3n) is 4.15. The summed E-state index contributed by atoms with van der Waals surface area (Å²) in [5.41, 5.74) is 0.0194. The highest BCUT2D eigenvalue weighted by Gasteiger charge is 2.27. The first-order valence-corrected chi connectivity index (χ1v) is 7.96. The second-order valence-electron chi connectivity index (χ2n) is 5.98. The second kappa shape index (κ2) is 7.61. The highest BCUT2D eigenvalue weighted by molar-refractivity contribution is 5.67. The first-order chi connectivity index (χ1) is 10.5. The zero-order chi connectivity index (χ0) is 16.0. The topological polar surface area (TPSA) is 61.8 Å². The quantitative estimate of drug-likeness (QED) is 0.874. The molecule has 1 amide bonds. The van der Waals surface area contributed by atoms with Crippen molar-refractivity contribution in [1.82, 2.24) is 10.2 Å². The first-order valence-electron chi connectivity index (χ1n) is 7.96. The summed E-state index contributed by atoms with van der Waals surface area (Å²) in [7, 11) is 0. The Morgan fingerprint density at radius 3 is 2.59 bits per heavy atom. The lowest BCUT2D eigenvalue weighted by Gasteiger charge is -2.34. The van der Waals surface area contributed by atoms with Crippen LogP contribution < -0.4 is 5.32 Å². The van der Waals surface area contributed by atoms with Crippen LogP contribution in [0.25, 0.3) is 0 Å². The fourth-order valence-electron chi connectivity index (χ4n) is 2.72. The fourth-order valence-corrected chi connectivity index (χ4v) is 2.72. The van der Waals surface area contributed by atoms with Crippen LogP contribution in [0.2, 0.25) is 0 Å². The summed E-state index contributed by atoms with van der Waals surface area (Å²) in [6.45, 7) is 5.95. The van der Waals surface area contributed by atoms with E-state index in [1.54, 1.807) is 4.90 Å². The number of amides is 1. The number of hydrogen-bond donors (Lipinski definition) is 2. The number of aliphatic hydroxyl groups is 1. The van der Waals surface area contributed by atoms with Crippen LogP contribution in [0.5, 0.6) is 0 Å². The Morgan fingerprint density at radius 1 is 1.36 bits per heavy atom. The van der Waals surface area contributed by atoms with E-state index in [0.717, 1.165) is 18.4 Å². The van der Waals surface area contributed by atoms with Crippen LogP contribution >= 0.6 is 0 Å². The summed E-state index contributed by atoms with van der Waals surface area (Å²) < 4.78 is 5.02. The Morgan fingerprint density at radius 2 is 2.00 bits per heavy atom. The third-order valence-corrected chi connectivity index (χ3v) is 4.15. The molecule has 1 aliphatic rings. The molecule has 1 fully saturated rings. The molecule has 2 N–H and O–H groups in total. The molecule has 0 spiro atoms. The number of nitrogens with zero attached hydrogens (tertiary/aromatic N) is 1. The van der Waals surface area contributed by atoms with Crippen LogP contribution in [0, 0.1) is 0 Å². The smallest absolute Gasteiger partial charge is 0.409 e. The number of nitrogens with one attached hydrogen (secondary N) is 1. The molecule has 5 heteroatoms. The molecule has 0 saturated carbocycles. The Bertz CT molecular complexity index is 468. The molecule has 0 radical (unpaired) electrons. The molecule has 0 aromatic heterocycles. The van der Waals surface area contributed by atoms with Crippen LogP contribution in [-0.2, 0) is 10.3 Å². The number of hydrogen-bond acceptors (Lipinski definition) is 4. The predicted molar refractivity (Wildman–Crippen MR) is 85.6 cm³/mol. The second-order valence-corrected chi connectivity index (χ2v) is 5.98. The lowest BCUT2D eigenvalue weighted by molar-refractivity contribution is 0.0487. The van der Waals surface area contributed by atoms with Crippen LogP contribution in [0.1, 0.15) is 32.3 Å². The molecule has 22 heavy (non-hydrogen) atoms. The van der Waals surface area contributed by atoms with Gasteiger partial charge in [-0.25, -0.2) is 4.79 Å². The zero-order valence-electron chi connectivity index (χ0n) is 13.4. The molecule has 5 nitrogen and oxygen atoms in total. The van der Waals surface area contributed by atoms with E-state index in [4.69, 9.17) is 4.74 Å². The van der Waals surface area contributed by atoms with Crippen molar-refractivity contribution in [2.24, 2.45) is 0 Å². The van der Waals surface area contributed by atoms with E-state index in [0.29, 0.717) is 32.3 Å². The van der Waals surface area contributed by atoms with Gasteiger partial charge in [-0.2, -0.15) is 0 Å². The summed E-state index contributed by atoms with van der Waals surface area (Å²) in [5, 5.41) is 14.0. The van der Waals surface area contributed by atoms with E-state index in [-0.39, 0.29) is 6.09 Å². The Balaban J connectivity index is 1.78. The van der Waals surface area contributed by atoms with E-state index in [1.807, 2.05) is 44.2 Å². The van der Waals surface area contributed by atoms with E-state index >= 15 is 0 Å². The van der Waals surface area contributed by atoms with Crippen LogP contribution in [0.4, 0.5) is 4.79 Å². The first kappa shape index (κ1) is 16.8. The van der Waals surface area contributed by atoms with E-state index < -0.39 is 5.60 Å². The summed E-state index contributed by atoms with van der Waals surface area (Å²) in [5.74, 6) is 0. The van der Waals surface area contributed by atoms with Crippen molar-refractivity contribution < 1.29 is 14.6 Å². The van der Waals surface area contributed by atoms with Gasteiger partial charge in [0.2, 0.25) is 0 Å². The molecule has 0 aliphatic carbocycles. The van der Waals surface area contributed by atoms with E-state index in [2.05, 4.69) is 5.32 Å². The molecule has 0 bridgehead atoms. The normalized spacial score (nSPS) is 18.8. The van der Waals surface area contributed by atoms with Gasteiger partial charge >= 0.3 is 6.09 Å². The van der Waals surface area contributed by atoms with Gasteiger partial charge in [-0.15, -0.1) is 0 Å². The van der Waals surface area contributed by atoms with Crippen molar-refractivity contribution in [2.45, 2.75) is 38.3 Å². The molecule has 122 valence electrons. The van der Waals surface area contributed by atoms with Crippen LogP contribution in [-0.4, -0.2) is 48.4 Å². The summed E-state index contributed by atoms with van der Waals surface area (Å²) in [6, 6.07) is 10.00. The van der Waals surface area contributed by atoms with Gasteiger partial charge in [-0.3, -0.25) is 0 Å². The average molecular weight is 306 g/mol. The van der Waals surface area contributed by atoms with Gasteiger partial charge in [0.1, 0.15) is 0 Å². The Labute approximate surface area is 132 Å². The van der Waals surface area contributed by atoms with Gasteiger partial charge in [0, 0.05) is 25.7 Å². The molecule has 1 aromatic carbocycles. The summed E-state index contributed by atoms with van der Waals surface area (Å²) >= 11 is 0. The van der Waals surface area contributed by atoms with Gasteiger partial charge in [-0.1, -0.05) is 30.3 Å². The highest BCUT2D eigenvalue weighted by Crippen LogP contribution is 2.20. The predicted octanol–water partition coefficient (Wildman–Crippen LogP) is 2.10. The van der Waals surface area contributed by atoms with E-state index in [1.165, 1.54) is 0 Å². The van der Waals surface area contributed by atoms with E-state index in [9.17, 15) is 9.90 Å². The molecule has 2 rings (SSSR count). The number of carbonyl (C=O) groups excluding carboxylic acids is 1. The Hall–Kier alpha value is -1.59. The number of benzene rings is 1. The molecular formula is C17H26N2O3. The largest absolute Gasteiger partial charge is 0.450 e. The lowest BCUT2D eigenvalue weighted by Crippen LogP contribution is -2.48. The lowest BCUT2D eigenvalue weighted by atomic mass is 9.95. The molecular weight excluding hydrogens is 280 g/mol. The molecule has 1 atom stereocenters. The monoisotopic (exact) mass is 306 g/mol. The molecule has 1 aliphatic heterocycles. The van der Waals surface area contributed by atoms with Crippen LogP contribution in [0.15, 0.2) is 30.3 Å². The van der Waals surface area contributed by atoms with Crippen molar-refractivity contribution in [3.63, 3.8) is 0 Å². The SMILES string of the molecule is CCOC(=O)N1CCC(NCC(C)(O)c2ccccc2)CC1. The number of likely N-dealkylation sites (tertiary alicyclic amines) is 1. The van der Waals surface area contributed by atoms with Crippen LogP contribution in [0.3, 0.4) is 0 Å². The van der Waals surface area contributed by atoms with Gasteiger partial charge in [-0.05, 0) is 32.3 Å². The summed E-state index contributed by atoms with van der Waals surface area (Å²) in [4.78, 5) is 13.4. The highest BCUT2D eigenvalue weighted by atomic mass is 16.6. The van der Waals surface area contributed by atoms with Crippen molar-refractivity contribution in [3.05, 3.63) is 35.9 Å². The Kier molecular flexibility index (Phi) is 5.80. The van der Waals surface area contributed by atoms with Crippen molar-refractivity contribution >= 4 is 6.09 Å². The van der Waals surface area contributed by atoms with Gasteiger partial charge in [0.05, 0.1) is 12.2 Å². The minimum atomic E-state index is -0.889. The fraction of sp³-hybridized carbons (Fsp3) is 0.588. The number of ether oxygens (including phenoxy) is 1. The summed E-state index contributed by atoms with van der Waals surface area (Å²) in [6.07, 6.45) is 1.53. The average Bonchev–Trinajstić information content (AvgIpc) is 2.54. The number of carbonyl (C=O) groups is 1. The molecule has 1 saturated heterocycles. The van der Waals surface area contributed by atoms with Crippen molar-refractivity contribution in [3.8, 4) is 0 Å². The zero-order valence-corrected chi connectivity index (χ0v) is 13.4. The maximum atomic E-state index is 11.7. The molecule has 1 unspecified atom stereocenters. The van der Waals surface area contributed by atoms with Gasteiger partial charge < -0.3 is 20.1 Å². The number of rotatable bonds is 5. The third kappa shape index (κ3) is 4.45. The standard InChI is InChI=1S/C17H26N2O3/c1-3-22-16(20)19-11-9-15(10-12-19)18-13-17(2,21)14-7-5-4-6-8-14/h4-8,15,18,21H,3,9-13H2,1-2H3. The van der Waals surface area contributed by atoms with Gasteiger partial charge in [0.15, 0.2) is 0 Å². The maximum Gasteiger partial charge on any atom is 0.409 e. The number of piperidine rings is 1. The maximum absolute atomic E-state index is 11.7. The van der Waals surface area contributed by atoms with Gasteiger partial charge in [0.25, 0.3) is 0 Å².